The number of para-hydroxylation sites is 1. The molecule has 0 radical (unpaired) electrons. The first-order valence-electron chi connectivity index (χ1n) is 9.69. The third-order valence-corrected chi connectivity index (χ3v) is 4.83. The summed E-state index contributed by atoms with van der Waals surface area (Å²) in [4.78, 5) is 15.2. The molecule has 2 aromatic carbocycles. The lowest BCUT2D eigenvalue weighted by molar-refractivity contribution is -0.384. The normalized spacial score (nSPS) is 11.3. The van der Waals surface area contributed by atoms with Gasteiger partial charge in [0.2, 0.25) is 0 Å². The second kappa shape index (κ2) is 7.54. The van der Waals surface area contributed by atoms with Gasteiger partial charge in [-0.1, -0.05) is 18.2 Å². The Morgan fingerprint density at radius 3 is 2.42 bits per heavy atom. The van der Waals surface area contributed by atoms with Crippen molar-refractivity contribution < 1.29 is 4.92 Å². The summed E-state index contributed by atoms with van der Waals surface area (Å²) < 4.78 is 1.75. The van der Waals surface area contributed by atoms with Gasteiger partial charge in [0, 0.05) is 23.1 Å². The second-order valence-electron chi connectivity index (χ2n) is 8.08. The van der Waals surface area contributed by atoms with Gasteiger partial charge in [-0.3, -0.25) is 10.1 Å². The smallest absolute Gasteiger partial charge is 0.269 e. The molecule has 0 aliphatic heterocycles. The van der Waals surface area contributed by atoms with Crippen molar-refractivity contribution in [1.29, 1.82) is 5.26 Å². The molecule has 31 heavy (non-hydrogen) atoms. The fourth-order valence-electron chi connectivity index (χ4n) is 3.32. The minimum atomic E-state index is -0.457. The molecule has 0 spiro atoms. The first kappa shape index (κ1) is 20.0. The van der Waals surface area contributed by atoms with Crippen LogP contribution < -0.4 is 5.32 Å². The largest absolute Gasteiger partial charge is 0.324 e. The van der Waals surface area contributed by atoms with E-state index in [0.717, 1.165) is 10.9 Å². The Kier molecular flexibility index (Phi) is 4.87. The van der Waals surface area contributed by atoms with E-state index < -0.39 is 10.5 Å². The number of nitro benzene ring substituents is 1. The number of hydrogen-bond acceptors (Lipinski definition) is 6. The summed E-state index contributed by atoms with van der Waals surface area (Å²) in [5.41, 5.74) is 1.82. The van der Waals surface area contributed by atoms with Crippen LogP contribution in [0.2, 0.25) is 0 Å². The molecule has 0 unspecified atom stereocenters. The van der Waals surface area contributed by atoms with Crippen molar-refractivity contribution in [3.8, 4) is 17.3 Å². The Morgan fingerprint density at radius 2 is 1.77 bits per heavy atom. The molecular formula is C23H20N6O2. The third-order valence-electron chi connectivity index (χ3n) is 4.83. The number of non-ortho nitro benzene ring substituents is 1. The van der Waals surface area contributed by atoms with Crippen LogP contribution in [0.1, 0.15) is 26.3 Å². The lowest BCUT2D eigenvalue weighted by Gasteiger charge is -2.22. The summed E-state index contributed by atoms with van der Waals surface area (Å²) in [6.45, 7) is 5.96. The van der Waals surface area contributed by atoms with Crippen molar-refractivity contribution in [2.45, 2.75) is 26.3 Å². The highest BCUT2D eigenvalue weighted by Gasteiger charge is 2.26. The molecule has 2 heterocycles. The van der Waals surface area contributed by atoms with E-state index in [0.29, 0.717) is 28.5 Å². The highest BCUT2D eigenvalue weighted by atomic mass is 16.6. The fraction of sp³-hybridized carbons (Fsp3) is 0.174. The summed E-state index contributed by atoms with van der Waals surface area (Å²) in [7, 11) is 0. The predicted molar refractivity (Wildman–Crippen MR) is 119 cm³/mol. The van der Waals surface area contributed by atoms with Crippen LogP contribution in [-0.2, 0) is 5.54 Å². The molecule has 0 aliphatic rings. The van der Waals surface area contributed by atoms with Gasteiger partial charge in [0.05, 0.1) is 16.0 Å². The highest BCUT2D eigenvalue weighted by molar-refractivity contribution is 5.82. The third kappa shape index (κ3) is 3.81. The minimum Gasteiger partial charge on any atom is -0.324 e. The lowest BCUT2D eigenvalue weighted by Crippen LogP contribution is -2.24. The number of nitrogens with one attached hydrogen (secondary N) is 1. The molecule has 154 valence electrons. The number of anilines is 2. The Labute approximate surface area is 178 Å². The zero-order valence-electron chi connectivity index (χ0n) is 17.3. The van der Waals surface area contributed by atoms with Crippen molar-refractivity contribution in [1.82, 2.24) is 14.8 Å². The zero-order chi connectivity index (χ0) is 22.2. The molecule has 0 bridgehead atoms. The maximum atomic E-state index is 11.0. The summed E-state index contributed by atoms with van der Waals surface area (Å²) in [5, 5.41) is 29.9. The molecule has 0 fully saturated rings. The molecule has 1 N–H and O–H groups in total. The zero-order valence-corrected chi connectivity index (χ0v) is 17.3. The van der Waals surface area contributed by atoms with E-state index in [4.69, 9.17) is 0 Å². The van der Waals surface area contributed by atoms with E-state index in [2.05, 4.69) is 21.5 Å². The van der Waals surface area contributed by atoms with E-state index >= 15 is 0 Å². The number of fused-ring (bicyclic) bond motifs is 1. The first-order chi connectivity index (χ1) is 14.8. The molecule has 4 aromatic rings. The van der Waals surface area contributed by atoms with Crippen molar-refractivity contribution in [3.63, 3.8) is 0 Å². The Bertz CT molecular complexity index is 1330. The SMILES string of the molecule is CC(C)(C)n1nc(-c2ccc([N+](=O)[O-])cc2)c(C#N)c1Nc1ccc2ccccc2n1. The number of pyridine rings is 1. The Hall–Kier alpha value is -4.25. The van der Waals surface area contributed by atoms with Crippen LogP contribution in [0.3, 0.4) is 0 Å². The number of rotatable bonds is 4. The van der Waals surface area contributed by atoms with E-state index in [1.54, 1.807) is 16.8 Å². The van der Waals surface area contributed by atoms with Crippen LogP contribution in [-0.4, -0.2) is 19.7 Å². The number of nitrogens with zero attached hydrogens (tertiary/aromatic N) is 5. The van der Waals surface area contributed by atoms with E-state index in [1.807, 2.05) is 57.2 Å². The molecular weight excluding hydrogens is 392 g/mol. The van der Waals surface area contributed by atoms with Crippen LogP contribution >= 0.6 is 0 Å². The highest BCUT2D eigenvalue weighted by Crippen LogP contribution is 2.34. The number of nitriles is 1. The quantitative estimate of drug-likeness (QED) is 0.356. The molecule has 2 aromatic heterocycles. The average Bonchev–Trinajstić information content (AvgIpc) is 3.12. The number of hydrogen-bond donors (Lipinski definition) is 1. The molecule has 8 nitrogen and oxygen atoms in total. The second-order valence-corrected chi connectivity index (χ2v) is 8.08. The summed E-state index contributed by atoms with van der Waals surface area (Å²) in [5.74, 6) is 1.11. The van der Waals surface area contributed by atoms with Gasteiger partial charge in [0.1, 0.15) is 29.0 Å². The summed E-state index contributed by atoms with van der Waals surface area (Å²) in [6.07, 6.45) is 0. The van der Waals surface area contributed by atoms with E-state index in [9.17, 15) is 15.4 Å². The predicted octanol–water partition coefficient (Wildman–Crippen LogP) is 5.38. The fourth-order valence-corrected chi connectivity index (χ4v) is 3.32. The molecule has 8 heteroatoms. The van der Waals surface area contributed by atoms with Crippen LogP contribution in [0.4, 0.5) is 17.3 Å². The van der Waals surface area contributed by atoms with Gasteiger partial charge in [0.25, 0.3) is 5.69 Å². The van der Waals surface area contributed by atoms with Crippen molar-refractivity contribution in [2.24, 2.45) is 0 Å². The van der Waals surface area contributed by atoms with E-state index in [1.165, 1.54) is 12.1 Å². The van der Waals surface area contributed by atoms with Crippen LogP contribution in [0.15, 0.2) is 60.7 Å². The van der Waals surface area contributed by atoms with Gasteiger partial charge in [-0.15, -0.1) is 0 Å². The first-order valence-corrected chi connectivity index (χ1v) is 9.69. The maximum absolute atomic E-state index is 11.0. The van der Waals surface area contributed by atoms with Gasteiger partial charge in [-0.05, 0) is 51.1 Å². The standard InChI is InChI=1S/C23H20N6O2/c1-23(2,3)28-22(26-20-13-10-15-6-4-5-7-19(15)25-20)18(14-24)21(27-28)16-8-11-17(12-9-16)29(30)31/h4-13H,1-3H3,(H,25,26). The van der Waals surface area contributed by atoms with Crippen molar-refractivity contribution >= 4 is 28.2 Å². The topological polar surface area (TPSA) is 110 Å². The number of benzene rings is 2. The number of aromatic nitrogens is 3. The van der Waals surface area contributed by atoms with Gasteiger partial charge in [-0.25, -0.2) is 9.67 Å². The Morgan fingerprint density at radius 1 is 1.06 bits per heavy atom. The summed E-state index contributed by atoms with van der Waals surface area (Å²) >= 11 is 0. The van der Waals surface area contributed by atoms with Gasteiger partial charge < -0.3 is 5.32 Å². The molecule has 0 atom stereocenters. The van der Waals surface area contributed by atoms with Crippen LogP contribution in [0, 0.1) is 21.4 Å². The molecule has 0 saturated heterocycles. The monoisotopic (exact) mass is 412 g/mol. The van der Waals surface area contributed by atoms with Gasteiger partial charge >= 0.3 is 0 Å². The molecule has 0 aliphatic carbocycles. The molecule has 4 rings (SSSR count). The lowest BCUT2D eigenvalue weighted by atomic mass is 10.1. The molecule has 0 saturated carbocycles. The van der Waals surface area contributed by atoms with Gasteiger partial charge in [0.15, 0.2) is 0 Å². The molecule has 0 amide bonds. The van der Waals surface area contributed by atoms with Crippen molar-refractivity contribution in [3.05, 3.63) is 76.3 Å². The number of nitro groups is 1. The van der Waals surface area contributed by atoms with Crippen LogP contribution in [0.5, 0.6) is 0 Å². The minimum absolute atomic E-state index is 0.0174. The van der Waals surface area contributed by atoms with Gasteiger partial charge in [-0.2, -0.15) is 10.4 Å². The average molecular weight is 412 g/mol. The summed E-state index contributed by atoms with van der Waals surface area (Å²) in [6, 6.07) is 19.9. The van der Waals surface area contributed by atoms with Crippen molar-refractivity contribution in [2.75, 3.05) is 5.32 Å². The van der Waals surface area contributed by atoms with Crippen LogP contribution in [0.25, 0.3) is 22.2 Å². The Balaban J connectivity index is 1.84. The van der Waals surface area contributed by atoms with E-state index in [-0.39, 0.29) is 5.69 Å². The maximum Gasteiger partial charge on any atom is 0.269 e.